The van der Waals surface area contributed by atoms with Crippen LogP contribution >= 0.6 is 11.3 Å². The van der Waals surface area contributed by atoms with E-state index in [0.717, 1.165) is 6.42 Å². The first-order valence-corrected chi connectivity index (χ1v) is 7.16. The van der Waals surface area contributed by atoms with Crippen molar-refractivity contribution >= 4 is 32.4 Å². The SMILES string of the molecule is NCCCCC(=O)Nc1nnc(S(N)(=O)=O)s1. The number of carbonyl (C=O) groups excluding carboxylic acids is 1. The van der Waals surface area contributed by atoms with Crippen LogP contribution in [-0.4, -0.2) is 31.1 Å². The Morgan fingerprint density at radius 1 is 1.35 bits per heavy atom. The van der Waals surface area contributed by atoms with Crippen LogP contribution in [0.25, 0.3) is 0 Å². The highest BCUT2D eigenvalue weighted by atomic mass is 32.2. The summed E-state index contributed by atoms with van der Waals surface area (Å²) >= 11 is 0.716. The number of aromatic nitrogens is 2. The number of sulfonamides is 1. The minimum atomic E-state index is -3.86. The zero-order valence-electron chi connectivity index (χ0n) is 8.92. The summed E-state index contributed by atoms with van der Waals surface area (Å²) in [6.07, 6.45) is 1.73. The van der Waals surface area contributed by atoms with E-state index >= 15 is 0 Å². The molecule has 0 spiro atoms. The fourth-order valence-electron chi connectivity index (χ4n) is 0.987. The Morgan fingerprint density at radius 2 is 2.06 bits per heavy atom. The topological polar surface area (TPSA) is 141 Å². The van der Waals surface area contributed by atoms with E-state index in [2.05, 4.69) is 15.5 Å². The van der Waals surface area contributed by atoms with Gasteiger partial charge in [-0.3, -0.25) is 4.79 Å². The standard InChI is InChI=1S/C7H13N5O3S2/c8-4-2-1-3-5(13)10-6-11-12-7(16-6)17(9,14)15/h1-4,8H2,(H2,9,14,15)(H,10,11,13). The fraction of sp³-hybridized carbons (Fsp3) is 0.571. The highest BCUT2D eigenvalue weighted by Crippen LogP contribution is 2.18. The van der Waals surface area contributed by atoms with Gasteiger partial charge in [-0.05, 0) is 19.4 Å². The first-order valence-electron chi connectivity index (χ1n) is 4.79. The summed E-state index contributed by atoms with van der Waals surface area (Å²) in [5, 5.41) is 14.3. The van der Waals surface area contributed by atoms with Crippen LogP contribution < -0.4 is 16.2 Å². The minimum Gasteiger partial charge on any atom is -0.330 e. The number of nitrogens with two attached hydrogens (primary N) is 2. The number of hydrogen-bond acceptors (Lipinski definition) is 7. The lowest BCUT2D eigenvalue weighted by Gasteiger charge is -1.99. The summed E-state index contributed by atoms with van der Waals surface area (Å²) in [4.78, 5) is 11.4. The molecule has 0 fully saturated rings. The van der Waals surface area contributed by atoms with Crippen LogP contribution in [0.2, 0.25) is 0 Å². The first kappa shape index (κ1) is 14.0. The molecule has 0 unspecified atom stereocenters. The van der Waals surface area contributed by atoms with Crippen LogP contribution in [0.5, 0.6) is 0 Å². The van der Waals surface area contributed by atoms with E-state index < -0.39 is 10.0 Å². The Labute approximate surface area is 102 Å². The highest BCUT2D eigenvalue weighted by Gasteiger charge is 2.15. The first-order chi connectivity index (χ1) is 7.93. The van der Waals surface area contributed by atoms with Crippen molar-refractivity contribution in [1.29, 1.82) is 0 Å². The van der Waals surface area contributed by atoms with Crippen molar-refractivity contribution in [1.82, 2.24) is 10.2 Å². The third-order valence-electron chi connectivity index (χ3n) is 1.75. The van der Waals surface area contributed by atoms with Gasteiger partial charge in [0.25, 0.3) is 10.0 Å². The van der Waals surface area contributed by atoms with Crippen LogP contribution in [0.1, 0.15) is 19.3 Å². The number of unbranched alkanes of at least 4 members (excludes halogenated alkanes) is 1. The van der Waals surface area contributed by atoms with E-state index in [4.69, 9.17) is 10.9 Å². The van der Waals surface area contributed by atoms with Gasteiger partial charge in [0.1, 0.15) is 0 Å². The smallest absolute Gasteiger partial charge is 0.267 e. The van der Waals surface area contributed by atoms with Crippen molar-refractivity contribution in [3.8, 4) is 0 Å². The number of hydrogen-bond donors (Lipinski definition) is 3. The van der Waals surface area contributed by atoms with Gasteiger partial charge in [0.2, 0.25) is 15.4 Å². The summed E-state index contributed by atoms with van der Waals surface area (Å²) in [5.41, 5.74) is 5.29. The number of amides is 1. The van der Waals surface area contributed by atoms with Crippen LogP contribution in [0, 0.1) is 0 Å². The molecule has 0 aliphatic carbocycles. The van der Waals surface area contributed by atoms with Gasteiger partial charge in [-0.2, -0.15) is 0 Å². The van der Waals surface area contributed by atoms with Gasteiger partial charge in [-0.15, -0.1) is 10.2 Å². The molecular formula is C7H13N5O3S2. The van der Waals surface area contributed by atoms with Gasteiger partial charge in [-0.25, -0.2) is 13.6 Å². The van der Waals surface area contributed by atoms with Gasteiger partial charge in [0.15, 0.2) is 0 Å². The number of primary sulfonamides is 1. The van der Waals surface area contributed by atoms with Crippen molar-refractivity contribution in [2.24, 2.45) is 10.9 Å². The molecule has 0 saturated carbocycles. The Hall–Kier alpha value is -1.10. The normalized spacial score (nSPS) is 11.4. The van der Waals surface area contributed by atoms with Gasteiger partial charge >= 0.3 is 0 Å². The molecule has 0 atom stereocenters. The Bertz CT molecular complexity index is 483. The molecule has 10 heteroatoms. The van der Waals surface area contributed by atoms with Crippen molar-refractivity contribution in [2.45, 2.75) is 23.6 Å². The van der Waals surface area contributed by atoms with Gasteiger partial charge in [0.05, 0.1) is 0 Å². The van der Waals surface area contributed by atoms with Crippen molar-refractivity contribution in [2.75, 3.05) is 11.9 Å². The summed E-state index contributed by atoms with van der Waals surface area (Å²) < 4.78 is 21.5. The highest BCUT2D eigenvalue weighted by molar-refractivity contribution is 7.91. The third-order valence-corrected chi connectivity index (χ3v) is 3.90. The van der Waals surface area contributed by atoms with Crippen molar-refractivity contribution < 1.29 is 13.2 Å². The van der Waals surface area contributed by atoms with Gasteiger partial charge in [-0.1, -0.05) is 11.3 Å². The maximum atomic E-state index is 11.4. The molecule has 96 valence electrons. The molecule has 0 bridgehead atoms. The average Bonchev–Trinajstić information content (AvgIpc) is 2.66. The molecule has 1 rings (SSSR count). The molecule has 8 nitrogen and oxygen atoms in total. The molecule has 1 aromatic rings. The van der Waals surface area contributed by atoms with Crippen LogP contribution in [0.15, 0.2) is 4.34 Å². The number of nitrogens with zero attached hydrogens (tertiary/aromatic N) is 2. The molecule has 0 aliphatic heterocycles. The lowest BCUT2D eigenvalue weighted by atomic mass is 10.2. The fourth-order valence-corrected chi connectivity index (χ4v) is 2.34. The van der Waals surface area contributed by atoms with Gasteiger partial charge < -0.3 is 11.1 Å². The molecule has 1 amide bonds. The van der Waals surface area contributed by atoms with Crippen LogP contribution in [0.3, 0.4) is 0 Å². The van der Waals surface area contributed by atoms with E-state index in [1.165, 1.54) is 0 Å². The maximum Gasteiger partial charge on any atom is 0.267 e. The third kappa shape index (κ3) is 4.73. The van der Waals surface area contributed by atoms with E-state index in [0.29, 0.717) is 30.7 Å². The molecule has 0 saturated heterocycles. The average molecular weight is 279 g/mol. The Morgan fingerprint density at radius 3 is 2.59 bits per heavy atom. The molecule has 0 radical (unpaired) electrons. The molecule has 5 N–H and O–H groups in total. The second kappa shape index (κ2) is 6.00. The molecule has 17 heavy (non-hydrogen) atoms. The number of anilines is 1. The van der Waals surface area contributed by atoms with E-state index in [1.54, 1.807) is 0 Å². The Balaban J connectivity index is 2.52. The lowest BCUT2D eigenvalue weighted by Crippen LogP contribution is -2.11. The van der Waals surface area contributed by atoms with Gasteiger partial charge in [0, 0.05) is 6.42 Å². The quantitative estimate of drug-likeness (QED) is 0.462. The number of nitrogens with one attached hydrogen (secondary N) is 1. The summed E-state index contributed by atoms with van der Waals surface area (Å²) in [6, 6.07) is 0. The minimum absolute atomic E-state index is 0.117. The second-order valence-corrected chi connectivity index (χ2v) is 5.92. The second-order valence-electron chi connectivity index (χ2n) is 3.21. The van der Waals surface area contributed by atoms with Crippen LogP contribution in [-0.2, 0) is 14.8 Å². The zero-order chi connectivity index (χ0) is 12.9. The van der Waals surface area contributed by atoms with Crippen molar-refractivity contribution in [3.63, 3.8) is 0 Å². The van der Waals surface area contributed by atoms with E-state index in [-0.39, 0.29) is 15.4 Å². The molecular weight excluding hydrogens is 266 g/mol. The lowest BCUT2D eigenvalue weighted by molar-refractivity contribution is -0.116. The Kier molecular flexibility index (Phi) is 4.93. The van der Waals surface area contributed by atoms with E-state index in [1.807, 2.05) is 0 Å². The molecule has 0 aliphatic rings. The predicted octanol–water partition coefficient (Wildman–Crippen LogP) is -0.747. The molecule has 0 aromatic carbocycles. The largest absolute Gasteiger partial charge is 0.330 e. The van der Waals surface area contributed by atoms with Crippen LogP contribution in [0.4, 0.5) is 5.13 Å². The summed E-state index contributed by atoms with van der Waals surface area (Å²) in [5.74, 6) is -0.254. The number of carbonyl (C=O) groups is 1. The van der Waals surface area contributed by atoms with E-state index in [9.17, 15) is 13.2 Å². The van der Waals surface area contributed by atoms with Crippen molar-refractivity contribution in [3.05, 3.63) is 0 Å². The zero-order valence-corrected chi connectivity index (χ0v) is 10.6. The molecule has 1 heterocycles. The number of rotatable bonds is 6. The summed E-state index contributed by atoms with van der Waals surface area (Å²) in [7, 11) is -3.86. The predicted molar refractivity (Wildman–Crippen MR) is 62.8 cm³/mol. The maximum absolute atomic E-state index is 11.4. The summed E-state index contributed by atoms with van der Waals surface area (Å²) in [6.45, 7) is 0.529. The molecule has 1 aromatic heterocycles. The monoisotopic (exact) mass is 279 g/mol.